The molecular weight excluding hydrogens is 315 g/mol. The van der Waals surface area contributed by atoms with Gasteiger partial charge in [0.15, 0.2) is 0 Å². The van der Waals surface area contributed by atoms with E-state index in [0.717, 1.165) is 25.0 Å². The lowest BCUT2D eigenvalue weighted by Crippen LogP contribution is -2.30. The topological polar surface area (TPSA) is 69.4 Å². The number of alkyl halides is 3. The van der Waals surface area contributed by atoms with E-state index in [0.29, 0.717) is 18.4 Å². The van der Waals surface area contributed by atoms with Crippen molar-refractivity contribution in [3.05, 3.63) is 39.9 Å². The molecule has 5 nitrogen and oxygen atoms in total. The maximum Gasteiger partial charge on any atom is 0.573 e. The standard InChI is InChI=1S/C15H16F3NO4/c16-15(17,18)23-11-7-5-10(6-8-11)13(9-19(21)22)12-3-1-2-4-14(12)20/h5-8,12-13H,1-4,9H2/t12-,13-/m0/s1. The van der Waals surface area contributed by atoms with E-state index in [2.05, 4.69) is 4.74 Å². The van der Waals surface area contributed by atoms with Gasteiger partial charge in [-0.2, -0.15) is 0 Å². The number of benzene rings is 1. The highest BCUT2D eigenvalue weighted by atomic mass is 19.4. The molecule has 0 spiro atoms. The molecule has 1 aromatic carbocycles. The van der Waals surface area contributed by atoms with Crippen molar-refractivity contribution in [3.63, 3.8) is 0 Å². The molecule has 126 valence electrons. The lowest BCUT2D eigenvalue weighted by atomic mass is 9.76. The number of halogens is 3. The first-order chi connectivity index (χ1) is 10.8. The maximum absolute atomic E-state index is 12.2. The molecule has 1 saturated carbocycles. The Morgan fingerprint density at radius 2 is 1.91 bits per heavy atom. The van der Waals surface area contributed by atoms with Crippen molar-refractivity contribution in [1.82, 2.24) is 0 Å². The summed E-state index contributed by atoms with van der Waals surface area (Å²) in [6.45, 7) is -0.421. The van der Waals surface area contributed by atoms with Crippen LogP contribution in [0.5, 0.6) is 5.75 Å². The van der Waals surface area contributed by atoms with Gasteiger partial charge in [0.1, 0.15) is 11.5 Å². The van der Waals surface area contributed by atoms with Crippen LogP contribution in [0.2, 0.25) is 0 Å². The normalized spacial score (nSPS) is 20.1. The van der Waals surface area contributed by atoms with Crippen LogP contribution in [0, 0.1) is 16.0 Å². The fourth-order valence-corrected chi connectivity index (χ4v) is 2.98. The van der Waals surface area contributed by atoms with Crippen molar-refractivity contribution in [2.24, 2.45) is 5.92 Å². The summed E-state index contributed by atoms with van der Waals surface area (Å²) in [4.78, 5) is 22.5. The summed E-state index contributed by atoms with van der Waals surface area (Å²) in [5.74, 6) is -1.49. The maximum atomic E-state index is 12.2. The molecule has 1 fully saturated rings. The Balaban J connectivity index is 2.21. The molecular formula is C15H16F3NO4. The molecule has 0 radical (unpaired) electrons. The van der Waals surface area contributed by atoms with Crippen LogP contribution in [0.25, 0.3) is 0 Å². The molecule has 0 saturated heterocycles. The van der Waals surface area contributed by atoms with Gasteiger partial charge in [-0.3, -0.25) is 14.9 Å². The fraction of sp³-hybridized carbons (Fsp3) is 0.533. The second-order valence-electron chi connectivity index (χ2n) is 5.56. The van der Waals surface area contributed by atoms with Crippen LogP contribution in [0.4, 0.5) is 13.2 Å². The minimum absolute atomic E-state index is 0.0151. The molecule has 1 aliphatic carbocycles. The first kappa shape index (κ1) is 17.2. The first-order valence-electron chi connectivity index (χ1n) is 7.26. The van der Waals surface area contributed by atoms with Crippen molar-refractivity contribution in [2.75, 3.05) is 6.54 Å². The van der Waals surface area contributed by atoms with Crippen LogP contribution >= 0.6 is 0 Å². The lowest BCUT2D eigenvalue weighted by molar-refractivity contribution is -0.484. The first-order valence-corrected chi connectivity index (χ1v) is 7.26. The number of rotatable bonds is 5. The molecule has 0 heterocycles. The van der Waals surface area contributed by atoms with E-state index in [9.17, 15) is 28.1 Å². The van der Waals surface area contributed by atoms with E-state index in [4.69, 9.17) is 0 Å². The SMILES string of the molecule is O=C1CCCC[C@H]1[C@@H](C[N+](=O)[O-])c1ccc(OC(F)(F)F)cc1. The van der Waals surface area contributed by atoms with E-state index in [1.165, 1.54) is 12.1 Å². The van der Waals surface area contributed by atoms with Gasteiger partial charge in [-0.15, -0.1) is 13.2 Å². The average molecular weight is 331 g/mol. The van der Waals surface area contributed by atoms with Gasteiger partial charge in [-0.05, 0) is 30.5 Å². The van der Waals surface area contributed by atoms with Crippen LogP contribution in [0.3, 0.4) is 0 Å². The van der Waals surface area contributed by atoms with Crippen LogP contribution in [0.15, 0.2) is 24.3 Å². The Hall–Kier alpha value is -2.12. The fourth-order valence-electron chi connectivity index (χ4n) is 2.98. The largest absolute Gasteiger partial charge is 0.573 e. The van der Waals surface area contributed by atoms with Crippen molar-refractivity contribution < 1.29 is 27.6 Å². The zero-order valence-electron chi connectivity index (χ0n) is 12.2. The molecule has 2 rings (SSSR count). The summed E-state index contributed by atoms with van der Waals surface area (Å²) >= 11 is 0. The predicted molar refractivity (Wildman–Crippen MR) is 74.7 cm³/mol. The Morgan fingerprint density at radius 1 is 1.26 bits per heavy atom. The monoisotopic (exact) mass is 331 g/mol. The van der Waals surface area contributed by atoms with Gasteiger partial charge in [-0.25, -0.2) is 0 Å². The third kappa shape index (κ3) is 4.94. The minimum atomic E-state index is -4.79. The van der Waals surface area contributed by atoms with E-state index in [1.54, 1.807) is 0 Å². The van der Waals surface area contributed by atoms with Gasteiger partial charge in [0.05, 0.1) is 5.92 Å². The molecule has 1 aliphatic rings. The molecule has 1 aromatic rings. The minimum Gasteiger partial charge on any atom is -0.406 e. The number of nitro groups is 1. The van der Waals surface area contributed by atoms with Crippen LogP contribution in [-0.2, 0) is 4.79 Å². The number of carbonyl (C=O) groups is 1. The number of hydrogen-bond donors (Lipinski definition) is 0. The van der Waals surface area contributed by atoms with Crippen molar-refractivity contribution in [1.29, 1.82) is 0 Å². The van der Waals surface area contributed by atoms with E-state index in [1.807, 2.05) is 0 Å². The molecule has 2 atom stereocenters. The third-order valence-electron chi connectivity index (χ3n) is 3.98. The predicted octanol–water partition coefficient (Wildman–Crippen LogP) is 3.70. The summed E-state index contributed by atoms with van der Waals surface area (Å²) in [5, 5.41) is 10.9. The molecule has 0 bridgehead atoms. The van der Waals surface area contributed by atoms with Crippen molar-refractivity contribution in [2.45, 2.75) is 38.0 Å². The lowest BCUT2D eigenvalue weighted by Gasteiger charge is -2.27. The third-order valence-corrected chi connectivity index (χ3v) is 3.98. The van der Waals surface area contributed by atoms with Crippen molar-refractivity contribution >= 4 is 5.78 Å². The summed E-state index contributed by atoms with van der Waals surface area (Å²) in [7, 11) is 0. The molecule has 0 unspecified atom stereocenters. The number of ketones is 1. The van der Waals surface area contributed by atoms with Crippen LogP contribution < -0.4 is 4.74 Å². The quantitative estimate of drug-likeness (QED) is 0.609. The number of hydrogen-bond acceptors (Lipinski definition) is 4. The smallest absolute Gasteiger partial charge is 0.406 e. The average Bonchev–Trinajstić information content (AvgIpc) is 2.45. The highest BCUT2D eigenvalue weighted by molar-refractivity contribution is 5.82. The van der Waals surface area contributed by atoms with Gasteiger partial charge >= 0.3 is 6.36 Å². The molecule has 0 N–H and O–H groups in total. The van der Waals surface area contributed by atoms with E-state index in [-0.39, 0.29) is 5.78 Å². The Bertz CT molecular complexity index is 571. The van der Waals surface area contributed by atoms with E-state index < -0.39 is 35.4 Å². The summed E-state index contributed by atoms with van der Waals surface area (Å²) < 4.78 is 40.3. The number of carbonyl (C=O) groups excluding carboxylic acids is 1. The summed E-state index contributed by atoms with van der Waals surface area (Å²) in [6.07, 6.45) is -2.23. The highest BCUT2D eigenvalue weighted by Gasteiger charge is 2.35. The molecule has 23 heavy (non-hydrogen) atoms. The second kappa shape index (κ2) is 6.97. The number of nitrogens with zero attached hydrogens (tertiary/aromatic N) is 1. The highest BCUT2D eigenvalue weighted by Crippen LogP contribution is 2.35. The molecule has 0 amide bonds. The zero-order valence-corrected chi connectivity index (χ0v) is 12.2. The number of ether oxygens (including phenoxy) is 1. The Kier molecular flexibility index (Phi) is 5.23. The van der Waals surface area contributed by atoms with Crippen LogP contribution in [0.1, 0.15) is 37.2 Å². The van der Waals surface area contributed by atoms with Gasteiger partial charge in [0.2, 0.25) is 6.54 Å². The summed E-state index contributed by atoms with van der Waals surface area (Å²) in [5.41, 5.74) is 0.483. The van der Waals surface area contributed by atoms with Gasteiger partial charge in [0.25, 0.3) is 0 Å². The molecule has 0 aliphatic heterocycles. The van der Waals surface area contributed by atoms with Gasteiger partial charge < -0.3 is 4.74 Å². The Labute approximate surface area is 130 Å². The van der Waals surface area contributed by atoms with Gasteiger partial charge in [0, 0.05) is 17.3 Å². The van der Waals surface area contributed by atoms with Crippen LogP contribution in [-0.4, -0.2) is 23.6 Å². The molecule has 0 aromatic heterocycles. The Morgan fingerprint density at radius 3 is 2.43 bits per heavy atom. The summed E-state index contributed by atoms with van der Waals surface area (Å²) in [6, 6.07) is 4.94. The molecule has 8 heteroatoms. The second-order valence-corrected chi connectivity index (χ2v) is 5.56. The van der Waals surface area contributed by atoms with Crippen molar-refractivity contribution in [3.8, 4) is 5.75 Å². The van der Waals surface area contributed by atoms with Gasteiger partial charge in [-0.1, -0.05) is 18.6 Å². The van der Waals surface area contributed by atoms with E-state index >= 15 is 0 Å². The number of Topliss-reactive ketones (excluding diaryl/α,β-unsaturated/α-hetero) is 1. The zero-order chi connectivity index (χ0) is 17.0.